The summed E-state index contributed by atoms with van der Waals surface area (Å²) in [4.78, 5) is 4.73. The zero-order chi connectivity index (χ0) is 16.9. The highest BCUT2D eigenvalue weighted by Gasteiger charge is 2.16. The van der Waals surface area contributed by atoms with Crippen LogP contribution in [0.5, 0.6) is 5.75 Å². The van der Waals surface area contributed by atoms with E-state index >= 15 is 0 Å². The number of imidazole rings is 1. The van der Waals surface area contributed by atoms with Gasteiger partial charge in [0.25, 0.3) is 0 Å². The third kappa shape index (κ3) is 3.71. The van der Waals surface area contributed by atoms with Crippen LogP contribution in [0.4, 0.5) is 0 Å². The quantitative estimate of drug-likeness (QED) is 0.683. The van der Waals surface area contributed by atoms with Crippen molar-refractivity contribution in [1.82, 2.24) is 9.55 Å². The van der Waals surface area contributed by atoms with E-state index in [1.54, 1.807) is 0 Å². The average Bonchev–Trinajstić information content (AvgIpc) is 2.96. The molecule has 4 nitrogen and oxygen atoms in total. The van der Waals surface area contributed by atoms with Gasteiger partial charge in [0.1, 0.15) is 18.2 Å². The lowest BCUT2D eigenvalue weighted by Gasteiger charge is -2.14. The lowest BCUT2D eigenvalue weighted by atomic mass is 10.2. The maximum absolute atomic E-state index is 6.33. The average molecular weight is 344 g/mol. The fraction of sp³-hybridized carbons (Fsp3) is 0.316. The molecule has 0 bridgehead atoms. The van der Waals surface area contributed by atoms with Gasteiger partial charge in [-0.1, -0.05) is 37.1 Å². The molecular weight excluding hydrogens is 322 g/mol. The molecule has 5 heteroatoms. The van der Waals surface area contributed by atoms with Crippen molar-refractivity contribution >= 4 is 22.6 Å². The number of para-hydroxylation sites is 2. The van der Waals surface area contributed by atoms with Crippen molar-refractivity contribution in [1.29, 1.82) is 0 Å². The fourth-order valence-corrected chi connectivity index (χ4v) is 2.96. The highest BCUT2D eigenvalue weighted by Crippen LogP contribution is 2.22. The SMILES string of the molecule is CCCC(N)c1nc2ccccc2n1CCOc1ccc(Cl)cc1. The van der Waals surface area contributed by atoms with Gasteiger partial charge in [0.2, 0.25) is 0 Å². The Kier molecular flexibility index (Phi) is 5.38. The summed E-state index contributed by atoms with van der Waals surface area (Å²) in [5.74, 6) is 1.74. The number of nitrogens with zero attached hydrogens (tertiary/aromatic N) is 2. The number of hydrogen-bond acceptors (Lipinski definition) is 3. The molecule has 0 aliphatic carbocycles. The van der Waals surface area contributed by atoms with Crippen LogP contribution in [0, 0.1) is 0 Å². The molecule has 0 aliphatic heterocycles. The van der Waals surface area contributed by atoms with Crippen molar-refractivity contribution in [2.45, 2.75) is 32.4 Å². The van der Waals surface area contributed by atoms with E-state index in [4.69, 9.17) is 27.1 Å². The molecule has 24 heavy (non-hydrogen) atoms. The topological polar surface area (TPSA) is 53.1 Å². The minimum Gasteiger partial charge on any atom is -0.492 e. The highest BCUT2D eigenvalue weighted by atomic mass is 35.5. The molecule has 1 unspecified atom stereocenters. The predicted octanol–water partition coefficient (Wildman–Crippen LogP) is 4.57. The zero-order valence-corrected chi connectivity index (χ0v) is 14.5. The summed E-state index contributed by atoms with van der Waals surface area (Å²) in [6.45, 7) is 3.39. The van der Waals surface area contributed by atoms with Gasteiger partial charge in [-0.2, -0.15) is 0 Å². The summed E-state index contributed by atoms with van der Waals surface area (Å²) < 4.78 is 8.00. The molecule has 0 saturated carbocycles. The first-order chi connectivity index (χ1) is 11.7. The Hall–Kier alpha value is -2.04. The summed E-state index contributed by atoms with van der Waals surface area (Å²) in [7, 11) is 0. The predicted molar refractivity (Wildman–Crippen MR) is 98.5 cm³/mol. The third-order valence-corrected chi connectivity index (χ3v) is 4.26. The van der Waals surface area contributed by atoms with Crippen LogP contribution in [0.2, 0.25) is 5.02 Å². The molecule has 0 fully saturated rings. The number of benzene rings is 2. The van der Waals surface area contributed by atoms with Gasteiger partial charge in [-0.25, -0.2) is 4.98 Å². The Labute approximate surface area is 147 Å². The van der Waals surface area contributed by atoms with E-state index < -0.39 is 0 Å². The van der Waals surface area contributed by atoms with Gasteiger partial charge in [-0.05, 0) is 42.8 Å². The lowest BCUT2D eigenvalue weighted by Crippen LogP contribution is -2.19. The Morgan fingerprint density at radius 2 is 1.92 bits per heavy atom. The maximum atomic E-state index is 6.33. The lowest BCUT2D eigenvalue weighted by molar-refractivity contribution is 0.296. The molecule has 3 rings (SSSR count). The fourth-order valence-electron chi connectivity index (χ4n) is 2.84. The number of aromatic nitrogens is 2. The molecule has 2 aromatic carbocycles. The first kappa shape index (κ1) is 16.8. The molecule has 126 valence electrons. The molecule has 3 aromatic rings. The van der Waals surface area contributed by atoms with E-state index in [9.17, 15) is 0 Å². The molecule has 0 amide bonds. The summed E-state index contributed by atoms with van der Waals surface area (Å²) in [5, 5.41) is 0.704. The number of halogens is 1. The third-order valence-electron chi connectivity index (χ3n) is 4.01. The summed E-state index contributed by atoms with van der Waals surface area (Å²) >= 11 is 5.90. The number of ether oxygens (including phenoxy) is 1. The number of hydrogen-bond donors (Lipinski definition) is 1. The van der Waals surface area contributed by atoms with E-state index in [0.717, 1.165) is 35.4 Å². The molecule has 0 saturated heterocycles. The minimum absolute atomic E-state index is 0.0575. The molecule has 2 N–H and O–H groups in total. The normalized spacial score (nSPS) is 12.5. The molecule has 0 spiro atoms. The largest absolute Gasteiger partial charge is 0.492 e. The monoisotopic (exact) mass is 343 g/mol. The molecular formula is C19H22ClN3O. The Morgan fingerprint density at radius 1 is 1.17 bits per heavy atom. The van der Waals surface area contributed by atoms with Crippen molar-refractivity contribution < 1.29 is 4.74 Å². The number of rotatable bonds is 7. The second-order valence-corrected chi connectivity index (χ2v) is 6.24. The van der Waals surface area contributed by atoms with Gasteiger partial charge in [-0.3, -0.25) is 0 Å². The van der Waals surface area contributed by atoms with E-state index in [1.165, 1.54) is 0 Å². The maximum Gasteiger partial charge on any atom is 0.126 e. The summed E-state index contributed by atoms with van der Waals surface area (Å²) in [6, 6.07) is 15.5. The van der Waals surface area contributed by atoms with Gasteiger partial charge in [0, 0.05) is 5.02 Å². The molecule has 1 atom stereocenters. The van der Waals surface area contributed by atoms with Gasteiger partial charge < -0.3 is 15.0 Å². The Balaban J connectivity index is 1.79. The molecule has 0 aliphatic rings. The van der Waals surface area contributed by atoms with Crippen LogP contribution >= 0.6 is 11.6 Å². The van der Waals surface area contributed by atoms with Crippen molar-refractivity contribution in [2.24, 2.45) is 5.73 Å². The molecule has 0 radical (unpaired) electrons. The molecule has 1 heterocycles. The standard InChI is InChI=1S/C19H22ClN3O/c1-2-5-16(21)19-22-17-6-3-4-7-18(17)23(19)12-13-24-15-10-8-14(20)9-11-15/h3-4,6-11,16H,2,5,12-13,21H2,1H3. The van der Waals surface area contributed by atoms with Crippen molar-refractivity contribution in [3.8, 4) is 5.75 Å². The zero-order valence-electron chi connectivity index (χ0n) is 13.8. The minimum atomic E-state index is -0.0575. The number of nitrogens with two attached hydrogens (primary N) is 1. The summed E-state index contributed by atoms with van der Waals surface area (Å²) in [5.41, 5.74) is 8.40. The second kappa shape index (κ2) is 7.69. The van der Waals surface area contributed by atoms with E-state index in [0.29, 0.717) is 18.2 Å². The first-order valence-electron chi connectivity index (χ1n) is 8.28. The summed E-state index contributed by atoms with van der Waals surface area (Å²) in [6.07, 6.45) is 1.95. The molecule has 1 aromatic heterocycles. The van der Waals surface area contributed by atoms with Crippen LogP contribution in [0.15, 0.2) is 48.5 Å². The smallest absolute Gasteiger partial charge is 0.126 e. The van der Waals surface area contributed by atoms with Gasteiger partial charge in [-0.15, -0.1) is 0 Å². The van der Waals surface area contributed by atoms with Crippen LogP contribution < -0.4 is 10.5 Å². The van der Waals surface area contributed by atoms with Gasteiger partial charge in [0.05, 0.1) is 23.6 Å². The van der Waals surface area contributed by atoms with E-state index in [1.807, 2.05) is 42.5 Å². The van der Waals surface area contributed by atoms with Gasteiger partial charge >= 0.3 is 0 Å². The van der Waals surface area contributed by atoms with Crippen LogP contribution in [-0.4, -0.2) is 16.2 Å². The van der Waals surface area contributed by atoms with Crippen molar-refractivity contribution in [3.63, 3.8) is 0 Å². The first-order valence-corrected chi connectivity index (χ1v) is 8.66. The second-order valence-electron chi connectivity index (χ2n) is 5.81. The highest BCUT2D eigenvalue weighted by molar-refractivity contribution is 6.30. The van der Waals surface area contributed by atoms with Crippen LogP contribution in [0.25, 0.3) is 11.0 Å². The van der Waals surface area contributed by atoms with E-state index in [2.05, 4.69) is 17.6 Å². The van der Waals surface area contributed by atoms with Crippen molar-refractivity contribution in [3.05, 3.63) is 59.4 Å². The van der Waals surface area contributed by atoms with E-state index in [-0.39, 0.29) is 6.04 Å². The van der Waals surface area contributed by atoms with Crippen molar-refractivity contribution in [2.75, 3.05) is 6.61 Å². The number of fused-ring (bicyclic) bond motifs is 1. The van der Waals surface area contributed by atoms with Crippen LogP contribution in [0.1, 0.15) is 31.6 Å². The van der Waals surface area contributed by atoms with Crippen LogP contribution in [-0.2, 0) is 6.54 Å². The Morgan fingerprint density at radius 3 is 2.67 bits per heavy atom. The Bertz CT molecular complexity index is 798. The van der Waals surface area contributed by atoms with Crippen LogP contribution in [0.3, 0.4) is 0 Å². The van der Waals surface area contributed by atoms with Gasteiger partial charge in [0.15, 0.2) is 0 Å².